The number of hydrogen-bond acceptors (Lipinski definition) is 5. The molecule has 1 aliphatic rings. The highest BCUT2D eigenvalue weighted by atomic mass is 15.2. The second-order valence-electron chi connectivity index (χ2n) is 7.49. The van der Waals surface area contributed by atoms with Crippen LogP contribution < -0.4 is 0 Å². The van der Waals surface area contributed by atoms with E-state index >= 15 is 0 Å². The predicted molar refractivity (Wildman–Crippen MR) is 105 cm³/mol. The largest absolute Gasteiger partial charge is 0.332 e. The van der Waals surface area contributed by atoms with Gasteiger partial charge in [0.05, 0.1) is 0 Å². The molecule has 4 heterocycles. The van der Waals surface area contributed by atoms with E-state index in [9.17, 15) is 0 Å². The Kier molecular flexibility index (Phi) is 5.25. The van der Waals surface area contributed by atoms with Gasteiger partial charge in [-0.1, -0.05) is 6.07 Å². The second kappa shape index (κ2) is 7.96. The first-order chi connectivity index (χ1) is 13.2. The van der Waals surface area contributed by atoms with Crippen LogP contribution in [0.4, 0.5) is 0 Å². The van der Waals surface area contributed by atoms with Crippen LogP contribution in [0.1, 0.15) is 50.0 Å². The van der Waals surface area contributed by atoms with E-state index in [0.29, 0.717) is 17.8 Å². The first-order valence-electron chi connectivity index (χ1n) is 9.68. The third-order valence-electron chi connectivity index (χ3n) is 5.13. The van der Waals surface area contributed by atoms with E-state index in [1.54, 1.807) is 6.20 Å². The zero-order valence-corrected chi connectivity index (χ0v) is 16.0. The van der Waals surface area contributed by atoms with E-state index in [4.69, 9.17) is 0 Å². The fourth-order valence-electron chi connectivity index (χ4n) is 3.81. The summed E-state index contributed by atoms with van der Waals surface area (Å²) in [7, 11) is 0. The second-order valence-corrected chi connectivity index (χ2v) is 7.49. The van der Waals surface area contributed by atoms with Gasteiger partial charge in [0.15, 0.2) is 5.82 Å². The summed E-state index contributed by atoms with van der Waals surface area (Å²) in [4.78, 5) is 20.5. The molecule has 0 saturated carbocycles. The van der Waals surface area contributed by atoms with Gasteiger partial charge in [0.2, 0.25) is 0 Å². The van der Waals surface area contributed by atoms with Crippen molar-refractivity contribution in [2.24, 2.45) is 0 Å². The fraction of sp³-hybridized carbons (Fsp3) is 0.429. The van der Waals surface area contributed by atoms with E-state index in [2.05, 4.69) is 49.4 Å². The van der Waals surface area contributed by atoms with Crippen molar-refractivity contribution in [3.05, 3.63) is 60.6 Å². The Bertz CT molecular complexity index is 856. The molecule has 4 rings (SSSR count). The predicted octanol–water partition coefficient (Wildman–Crippen LogP) is 3.70. The van der Waals surface area contributed by atoms with E-state index in [-0.39, 0.29) is 0 Å². The molecular weight excluding hydrogens is 336 g/mol. The standard InChI is InChI=1S/C21H26N6/c1-16(2)27-11-9-23-21(27)18-6-5-10-26(15-18)14-17-12-24-20(25-13-17)19-7-3-4-8-22-19/h3-4,7-9,11-13,16,18H,5-6,10,14-15H2,1-2H3. The van der Waals surface area contributed by atoms with Crippen molar-refractivity contribution in [3.63, 3.8) is 0 Å². The Balaban J connectivity index is 1.43. The minimum absolute atomic E-state index is 0.449. The molecule has 0 radical (unpaired) electrons. The molecule has 1 unspecified atom stereocenters. The topological polar surface area (TPSA) is 59.7 Å². The Morgan fingerprint density at radius 3 is 2.67 bits per heavy atom. The molecule has 0 aromatic carbocycles. The highest BCUT2D eigenvalue weighted by Gasteiger charge is 2.25. The van der Waals surface area contributed by atoms with Gasteiger partial charge in [0, 0.05) is 61.6 Å². The van der Waals surface area contributed by atoms with Crippen LogP contribution in [0.3, 0.4) is 0 Å². The molecule has 3 aromatic heterocycles. The summed E-state index contributed by atoms with van der Waals surface area (Å²) < 4.78 is 2.30. The lowest BCUT2D eigenvalue weighted by atomic mass is 9.96. The van der Waals surface area contributed by atoms with E-state index < -0.39 is 0 Å². The maximum atomic E-state index is 4.65. The summed E-state index contributed by atoms with van der Waals surface area (Å²) in [5, 5.41) is 0. The molecule has 0 bridgehead atoms. The number of imidazole rings is 1. The Morgan fingerprint density at radius 2 is 1.93 bits per heavy atom. The third-order valence-corrected chi connectivity index (χ3v) is 5.13. The molecule has 0 aliphatic carbocycles. The van der Waals surface area contributed by atoms with Crippen LogP contribution in [0.5, 0.6) is 0 Å². The molecule has 1 fully saturated rings. The normalized spacial score (nSPS) is 18.1. The van der Waals surface area contributed by atoms with Gasteiger partial charge in [-0.15, -0.1) is 0 Å². The van der Waals surface area contributed by atoms with Gasteiger partial charge in [0.25, 0.3) is 0 Å². The number of pyridine rings is 1. The van der Waals surface area contributed by atoms with E-state index in [1.165, 1.54) is 18.7 Å². The van der Waals surface area contributed by atoms with Gasteiger partial charge in [-0.25, -0.2) is 15.0 Å². The molecule has 1 saturated heterocycles. The summed E-state index contributed by atoms with van der Waals surface area (Å²) >= 11 is 0. The monoisotopic (exact) mass is 362 g/mol. The zero-order valence-electron chi connectivity index (χ0n) is 16.0. The van der Waals surface area contributed by atoms with E-state index in [0.717, 1.165) is 30.9 Å². The molecule has 0 amide bonds. The molecule has 27 heavy (non-hydrogen) atoms. The number of likely N-dealkylation sites (tertiary alicyclic amines) is 1. The minimum Gasteiger partial charge on any atom is -0.332 e. The van der Waals surface area contributed by atoms with Crippen molar-refractivity contribution < 1.29 is 0 Å². The number of aromatic nitrogens is 5. The van der Waals surface area contributed by atoms with Crippen LogP contribution in [-0.4, -0.2) is 42.5 Å². The highest BCUT2D eigenvalue weighted by Crippen LogP contribution is 2.28. The Morgan fingerprint density at radius 1 is 1.07 bits per heavy atom. The van der Waals surface area contributed by atoms with Gasteiger partial charge in [-0.05, 0) is 45.4 Å². The molecule has 1 atom stereocenters. The van der Waals surface area contributed by atoms with Crippen LogP contribution in [0.15, 0.2) is 49.2 Å². The first kappa shape index (κ1) is 17.8. The number of piperidine rings is 1. The average Bonchev–Trinajstić information content (AvgIpc) is 3.20. The summed E-state index contributed by atoms with van der Waals surface area (Å²) in [6.07, 6.45) is 12.0. The van der Waals surface area contributed by atoms with Crippen molar-refractivity contribution in [2.75, 3.05) is 13.1 Å². The van der Waals surface area contributed by atoms with Gasteiger partial charge < -0.3 is 4.57 Å². The molecule has 6 heteroatoms. The first-order valence-corrected chi connectivity index (χ1v) is 9.68. The lowest BCUT2D eigenvalue weighted by Crippen LogP contribution is -2.35. The summed E-state index contributed by atoms with van der Waals surface area (Å²) in [5.41, 5.74) is 1.95. The molecule has 3 aromatic rings. The Labute approximate surface area is 160 Å². The highest BCUT2D eigenvalue weighted by molar-refractivity contribution is 5.47. The third kappa shape index (κ3) is 4.06. The van der Waals surface area contributed by atoms with Gasteiger partial charge in [-0.2, -0.15) is 0 Å². The van der Waals surface area contributed by atoms with Gasteiger partial charge in [0.1, 0.15) is 11.5 Å². The fourth-order valence-corrected chi connectivity index (χ4v) is 3.81. The number of nitrogens with zero attached hydrogens (tertiary/aromatic N) is 6. The van der Waals surface area contributed by atoms with Crippen molar-refractivity contribution in [1.29, 1.82) is 0 Å². The molecular formula is C21H26N6. The molecule has 0 N–H and O–H groups in total. The van der Waals surface area contributed by atoms with Crippen LogP contribution >= 0.6 is 0 Å². The molecule has 0 spiro atoms. The van der Waals surface area contributed by atoms with Crippen LogP contribution in [-0.2, 0) is 6.54 Å². The van der Waals surface area contributed by atoms with Crippen molar-refractivity contribution in [1.82, 2.24) is 29.4 Å². The van der Waals surface area contributed by atoms with Crippen LogP contribution in [0.25, 0.3) is 11.5 Å². The lowest BCUT2D eigenvalue weighted by Gasteiger charge is -2.33. The molecule has 1 aliphatic heterocycles. The summed E-state index contributed by atoms with van der Waals surface area (Å²) in [6.45, 7) is 7.45. The van der Waals surface area contributed by atoms with Crippen LogP contribution in [0.2, 0.25) is 0 Å². The summed E-state index contributed by atoms with van der Waals surface area (Å²) in [6, 6.07) is 6.23. The molecule has 140 valence electrons. The van der Waals surface area contributed by atoms with Crippen LogP contribution in [0, 0.1) is 0 Å². The van der Waals surface area contributed by atoms with Gasteiger partial charge in [-0.3, -0.25) is 9.88 Å². The lowest BCUT2D eigenvalue weighted by molar-refractivity contribution is 0.193. The maximum absolute atomic E-state index is 4.65. The number of rotatable bonds is 5. The SMILES string of the molecule is CC(C)n1ccnc1C1CCCN(Cc2cnc(-c3ccccn3)nc2)C1. The average molecular weight is 362 g/mol. The quantitative estimate of drug-likeness (QED) is 0.693. The maximum Gasteiger partial charge on any atom is 0.178 e. The number of hydrogen-bond donors (Lipinski definition) is 0. The van der Waals surface area contributed by atoms with E-state index in [1.807, 2.05) is 36.8 Å². The van der Waals surface area contributed by atoms with Crippen molar-refractivity contribution in [2.45, 2.75) is 45.2 Å². The smallest absolute Gasteiger partial charge is 0.178 e. The van der Waals surface area contributed by atoms with Crippen molar-refractivity contribution >= 4 is 0 Å². The minimum atomic E-state index is 0.449. The van der Waals surface area contributed by atoms with Crippen molar-refractivity contribution in [3.8, 4) is 11.5 Å². The Hall–Kier alpha value is -2.60. The molecule has 6 nitrogen and oxygen atoms in total. The zero-order chi connectivity index (χ0) is 18.6. The summed E-state index contributed by atoms with van der Waals surface area (Å²) in [5.74, 6) is 2.39. The van der Waals surface area contributed by atoms with Gasteiger partial charge >= 0.3 is 0 Å².